The van der Waals surface area contributed by atoms with E-state index in [0.717, 1.165) is 17.4 Å². The van der Waals surface area contributed by atoms with Gasteiger partial charge in [0.25, 0.3) is 0 Å². The molecule has 0 spiro atoms. The van der Waals surface area contributed by atoms with Gasteiger partial charge < -0.3 is 10.4 Å². The van der Waals surface area contributed by atoms with E-state index >= 15 is 0 Å². The van der Waals surface area contributed by atoms with E-state index in [4.69, 9.17) is 5.11 Å². The Morgan fingerprint density at radius 2 is 2.14 bits per heavy atom. The second kappa shape index (κ2) is 6.76. The zero-order chi connectivity index (χ0) is 15.2. The SMILES string of the molecule is O=C(O)C=Cc1cnc(NC(=O)Cc2ccccc2F)s1. The minimum Gasteiger partial charge on any atom is -0.478 e. The van der Waals surface area contributed by atoms with Gasteiger partial charge in [0.05, 0.1) is 6.42 Å². The average Bonchev–Trinajstić information content (AvgIpc) is 2.86. The Balaban J connectivity index is 1.97. The van der Waals surface area contributed by atoms with Gasteiger partial charge in [-0.2, -0.15) is 0 Å². The molecule has 5 nitrogen and oxygen atoms in total. The van der Waals surface area contributed by atoms with Crippen molar-refractivity contribution in [1.82, 2.24) is 4.98 Å². The number of rotatable bonds is 5. The Morgan fingerprint density at radius 3 is 2.86 bits per heavy atom. The van der Waals surface area contributed by atoms with Gasteiger partial charge in [0.1, 0.15) is 5.82 Å². The van der Waals surface area contributed by atoms with Crippen molar-refractivity contribution in [2.24, 2.45) is 0 Å². The topological polar surface area (TPSA) is 79.3 Å². The summed E-state index contributed by atoms with van der Waals surface area (Å²) in [6.45, 7) is 0. The molecule has 7 heteroatoms. The third-order valence-corrected chi connectivity index (χ3v) is 3.35. The van der Waals surface area contributed by atoms with Crippen molar-refractivity contribution in [2.75, 3.05) is 5.32 Å². The first-order valence-electron chi connectivity index (χ1n) is 5.94. The van der Waals surface area contributed by atoms with E-state index in [1.807, 2.05) is 0 Å². The van der Waals surface area contributed by atoms with Crippen LogP contribution in [-0.2, 0) is 16.0 Å². The van der Waals surface area contributed by atoms with Crippen LogP contribution in [0.3, 0.4) is 0 Å². The zero-order valence-electron chi connectivity index (χ0n) is 10.7. The average molecular weight is 306 g/mol. The van der Waals surface area contributed by atoms with Crippen molar-refractivity contribution in [1.29, 1.82) is 0 Å². The van der Waals surface area contributed by atoms with Crippen molar-refractivity contribution in [3.63, 3.8) is 0 Å². The van der Waals surface area contributed by atoms with Crippen LogP contribution < -0.4 is 5.32 Å². The van der Waals surface area contributed by atoms with Crippen molar-refractivity contribution < 1.29 is 19.1 Å². The summed E-state index contributed by atoms with van der Waals surface area (Å²) < 4.78 is 13.4. The van der Waals surface area contributed by atoms with Crippen LogP contribution in [0.5, 0.6) is 0 Å². The number of anilines is 1. The molecule has 1 heterocycles. The maximum absolute atomic E-state index is 13.4. The van der Waals surface area contributed by atoms with Crippen LogP contribution in [0, 0.1) is 5.82 Å². The lowest BCUT2D eigenvalue weighted by Crippen LogP contribution is -2.14. The predicted octanol–water partition coefficient (Wildman–Crippen LogP) is 2.56. The summed E-state index contributed by atoms with van der Waals surface area (Å²) in [5, 5.41) is 11.4. The monoisotopic (exact) mass is 306 g/mol. The first-order chi connectivity index (χ1) is 10.0. The zero-order valence-corrected chi connectivity index (χ0v) is 11.6. The lowest BCUT2D eigenvalue weighted by atomic mass is 10.1. The maximum Gasteiger partial charge on any atom is 0.328 e. The summed E-state index contributed by atoms with van der Waals surface area (Å²) >= 11 is 1.13. The molecule has 0 aliphatic heterocycles. The van der Waals surface area contributed by atoms with E-state index in [2.05, 4.69) is 10.3 Å². The lowest BCUT2D eigenvalue weighted by Gasteiger charge is -2.02. The smallest absolute Gasteiger partial charge is 0.328 e. The largest absolute Gasteiger partial charge is 0.478 e. The van der Waals surface area contributed by atoms with E-state index < -0.39 is 11.8 Å². The fraction of sp³-hybridized carbons (Fsp3) is 0.0714. The fourth-order valence-electron chi connectivity index (χ4n) is 1.55. The summed E-state index contributed by atoms with van der Waals surface area (Å²) in [7, 11) is 0. The Bertz CT molecular complexity index is 697. The molecule has 21 heavy (non-hydrogen) atoms. The van der Waals surface area contributed by atoms with E-state index in [9.17, 15) is 14.0 Å². The molecule has 0 unspecified atom stereocenters. The molecule has 0 bridgehead atoms. The Kier molecular flexibility index (Phi) is 4.78. The molecule has 0 aliphatic rings. The Hall–Kier alpha value is -2.54. The van der Waals surface area contributed by atoms with Gasteiger partial charge in [-0.25, -0.2) is 14.2 Å². The van der Waals surface area contributed by atoms with Gasteiger partial charge in [0.15, 0.2) is 5.13 Å². The summed E-state index contributed by atoms with van der Waals surface area (Å²) in [6, 6.07) is 6.04. The van der Waals surface area contributed by atoms with Crippen molar-refractivity contribution in [3.05, 3.63) is 52.8 Å². The highest BCUT2D eigenvalue weighted by atomic mass is 32.1. The number of carbonyl (C=O) groups excluding carboxylic acids is 1. The third-order valence-electron chi connectivity index (χ3n) is 2.47. The van der Waals surface area contributed by atoms with Gasteiger partial charge in [0.2, 0.25) is 5.91 Å². The molecular weight excluding hydrogens is 295 g/mol. The molecule has 108 valence electrons. The number of nitrogens with zero attached hydrogens (tertiary/aromatic N) is 1. The molecule has 1 aromatic heterocycles. The van der Waals surface area contributed by atoms with Crippen LogP contribution in [0.15, 0.2) is 36.5 Å². The van der Waals surface area contributed by atoms with E-state index in [1.165, 1.54) is 24.4 Å². The van der Waals surface area contributed by atoms with Gasteiger partial charge in [-0.1, -0.05) is 29.5 Å². The highest BCUT2D eigenvalue weighted by Gasteiger charge is 2.09. The summed E-state index contributed by atoms with van der Waals surface area (Å²) in [5.41, 5.74) is 0.303. The highest BCUT2D eigenvalue weighted by molar-refractivity contribution is 7.16. The van der Waals surface area contributed by atoms with Crippen LogP contribution in [0.25, 0.3) is 6.08 Å². The number of thiazole rings is 1. The molecular formula is C14H11FN2O3S. The first kappa shape index (κ1) is 14.9. The van der Waals surface area contributed by atoms with Crippen LogP contribution in [0.4, 0.5) is 9.52 Å². The summed E-state index contributed by atoms with van der Waals surface area (Å²) in [6.07, 6.45) is 3.72. The van der Waals surface area contributed by atoms with Crippen LogP contribution in [-0.4, -0.2) is 22.0 Å². The molecule has 1 aromatic carbocycles. The first-order valence-corrected chi connectivity index (χ1v) is 6.76. The normalized spacial score (nSPS) is 10.7. The Morgan fingerprint density at radius 1 is 1.38 bits per heavy atom. The number of carboxylic acid groups (broad SMARTS) is 1. The lowest BCUT2D eigenvalue weighted by molar-refractivity contribution is -0.131. The molecule has 1 amide bonds. The molecule has 0 saturated heterocycles. The van der Waals surface area contributed by atoms with Crippen molar-refractivity contribution in [2.45, 2.75) is 6.42 Å². The fourth-order valence-corrected chi connectivity index (χ4v) is 2.29. The second-order valence-corrected chi connectivity index (χ2v) is 5.12. The molecule has 0 fully saturated rings. The second-order valence-electron chi connectivity index (χ2n) is 4.06. The number of halogens is 1. The van der Waals surface area contributed by atoms with Crippen molar-refractivity contribution >= 4 is 34.4 Å². The van der Waals surface area contributed by atoms with E-state index in [-0.39, 0.29) is 12.3 Å². The standard InChI is InChI=1S/C14H11FN2O3S/c15-11-4-2-1-3-9(11)7-12(18)17-14-16-8-10(21-14)5-6-13(19)20/h1-6,8H,7H2,(H,19,20)(H,16,17,18). The minimum atomic E-state index is -1.06. The number of aromatic nitrogens is 1. The van der Waals surface area contributed by atoms with Crippen molar-refractivity contribution in [3.8, 4) is 0 Å². The number of benzene rings is 1. The van der Waals surface area contributed by atoms with Crippen LogP contribution in [0.2, 0.25) is 0 Å². The number of hydrogen-bond acceptors (Lipinski definition) is 4. The van der Waals surface area contributed by atoms with Gasteiger partial charge in [-0.15, -0.1) is 0 Å². The number of nitrogens with one attached hydrogen (secondary N) is 1. The minimum absolute atomic E-state index is 0.0907. The number of hydrogen-bond donors (Lipinski definition) is 2. The predicted molar refractivity (Wildman–Crippen MR) is 77.5 cm³/mol. The molecule has 2 rings (SSSR count). The Labute approximate surface area is 123 Å². The van der Waals surface area contributed by atoms with Crippen LogP contribution in [0.1, 0.15) is 10.4 Å². The van der Waals surface area contributed by atoms with Gasteiger partial charge in [-0.3, -0.25) is 4.79 Å². The van der Waals surface area contributed by atoms with E-state index in [0.29, 0.717) is 15.6 Å². The van der Waals surface area contributed by atoms with Gasteiger partial charge in [-0.05, 0) is 17.7 Å². The number of amides is 1. The number of carboxylic acids is 1. The molecule has 0 radical (unpaired) electrons. The molecule has 0 aliphatic carbocycles. The molecule has 0 saturated carbocycles. The highest BCUT2D eigenvalue weighted by Crippen LogP contribution is 2.19. The summed E-state index contributed by atoms with van der Waals surface area (Å²) in [4.78, 5) is 26.7. The van der Waals surface area contributed by atoms with Gasteiger partial charge >= 0.3 is 5.97 Å². The number of aliphatic carboxylic acids is 1. The van der Waals surface area contributed by atoms with E-state index in [1.54, 1.807) is 12.1 Å². The molecule has 2 N–H and O–H groups in total. The molecule has 2 aromatic rings. The van der Waals surface area contributed by atoms with Gasteiger partial charge in [0, 0.05) is 17.2 Å². The summed E-state index contributed by atoms with van der Waals surface area (Å²) in [5.74, 6) is -1.88. The maximum atomic E-state index is 13.4. The number of carbonyl (C=O) groups is 2. The molecule has 0 atom stereocenters. The van der Waals surface area contributed by atoms with Crippen LogP contribution >= 0.6 is 11.3 Å². The quantitative estimate of drug-likeness (QED) is 0.832. The third kappa shape index (κ3) is 4.50.